The van der Waals surface area contributed by atoms with Gasteiger partial charge in [0.25, 0.3) is 5.56 Å². The summed E-state index contributed by atoms with van der Waals surface area (Å²) in [5.41, 5.74) is 9.45. The number of aromatic amines is 1. The number of nitrogens with zero attached hydrogens (tertiary/aromatic N) is 7. The Morgan fingerprint density at radius 2 is 1.91 bits per heavy atom. The van der Waals surface area contributed by atoms with Crippen molar-refractivity contribution in [3.05, 3.63) is 29.3 Å². The Balaban J connectivity index is 1.29. The summed E-state index contributed by atoms with van der Waals surface area (Å²) < 4.78 is 21.0. The molecule has 238 valence electrons. The highest BCUT2D eigenvalue weighted by Gasteiger charge is 2.56. The van der Waals surface area contributed by atoms with Gasteiger partial charge in [-0.25, -0.2) is 19.9 Å². The van der Waals surface area contributed by atoms with Crippen molar-refractivity contribution in [1.82, 2.24) is 39.0 Å². The zero-order valence-electron chi connectivity index (χ0n) is 23.4. The second kappa shape index (κ2) is 11.5. The zero-order valence-corrected chi connectivity index (χ0v) is 25.9. The molecule has 0 radical (unpaired) electrons. The van der Waals surface area contributed by atoms with Crippen LogP contribution < -0.4 is 17.0 Å². The molecule has 44 heavy (non-hydrogen) atoms. The molecule has 6 rings (SSSR count). The summed E-state index contributed by atoms with van der Waals surface area (Å²) in [5.74, 6) is 0.0295. The Labute approximate surface area is 258 Å². The van der Waals surface area contributed by atoms with Gasteiger partial charge in [0.2, 0.25) is 5.95 Å². The number of nitrogens with two attached hydrogens (primary N) is 2. The van der Waals surface area contributed by atoms with Crippen LogP contribution in [0.25, 0.3) is 22.3 Å². The number of aromatic nitrogens is 8. The smallest absolute Gasteiger partial charge is 0.280 e. The predicted octanol–water partition coefficient (Wildman–Crippen LogP) is -1.17. The summed E-state index contributed by atoms with van der Waals surface area (Å²) in [6, 6.07) is 0. The SMILES string of the molecule is CO[C@H]1[C@H](n2cnc3c(N)ncnc32)OC(C)(COP(O)(=S)[C@@H]2[C@H](O)[C@@H](CCO)S[C@H]2n2cnc3c(=O)[nH]c(N)nc32)[C@H]1O. The minimum absolute atomic E-state index is 0.0106. The molecule has 2 aliphatic rings. The number of aliphatic hydroxyl groups is 3. The summed E-state index contributed by atoms with van der Waals surface area (Å²) in [6.07, 6.45) is -0.0270. The molecule has 4 aromatic rings. The topological polar surface area (TPSA) is 268 Å². The Hall–Kier alpha value is -2.78. The molecule has 2 unspecified atom stereocenters. The van der Waals surface area contributed by atoms with Crippen LogP contribution in [0, 0.1) is 0 Å². The molecule has 2 saturated heterocycles. The number of nitrogens with one attached hydrogen (secondary N) is 1. The standard InChI is InChI=1S/C23H31N10O8PS2/c1-23(15(36)13(39-2)20(41-23)32-7-28-10-16(24)26-6-27-17(10)32)5-40-42(38,43)14-12(35)9(3-4-34)44-21(14)33-8-29-11-18(33)30-22(25)31-19(11)37/h6-9,12-15,20-21,34-36H,3-5H2,1-2H3,(H,38,43)(H2,24,26,27)(H3,25,30,31,37)/t9-,12-,13-,14-,15+,20-,21-,23?,42?/m1/s1. The minimum atomic E-state index is -3.93. The highest BCUT2D eigenvalue weighted by Crippen LogP contribution is 2.62. The molecule has 0 bridgehead atoms. The van der Waals surface area contributed by atoms with Crippen molar-refractivity contribution in [2.75, 3.05) is 31.8 Å². The molecule has 0 amide bonds. The Bertz CT molecular complexity index is 1810. The third kappa shape index (κ3) is 5.08. The highest BCUT2D eigenvalue weighted by molar-refractivity contribution is 8.10. The van der Waals surface area contributed by atoms with E-state index in [2.05, 4.69) is 29.9 Å². The second-order valence-electron chi connectivity index (χ2n) is 10.7. The van der Waals surface area contributed by atoms with Crippen LogP contribution in [0.4, 0.5) is 11.8 Å². The molecule has 0 saturated carbocycles. The van der Waals surface area contributed by atoms with Crippen molar-refractivity contribution >= 4 is 64.2 Å². The predicted molar refractivity (Wildman–Crippen MR) is 162 cm³/mol. The summed E-state index contributed by atoms with van der Waals surface area (Å²) >= 11 is 6.89. The number of imidazole rings is 2. The first kappa shape index (κ1) is 31.2. The molecule has 4 aromatic heterocycles. The van der Waals surface area contributed by atoms with E-state index >= 15 is 0 Å². The van der Waals surface area contributed by atoms with E-state index in [4.69, 9.17) is 37.3 Å². The normalized spacial score (nSPS) is 32.1. The van der Waals surface area contributed by atoms with Gasteiger partial charge in [-0.15, -0.1) is 11.8 Å². The van der Waals surface area contributed by atoms with E-state index in [1.807, 2.05) is 0 Å². The maximum Gasteiger partial charge on any atom is 0.280 e. The average Bonchev–Trinajstić information content (AvgIpc) is 3.72. The van der Waals surface area contributed by atoms with Gasteiger partial charge in [0.15, 0.2) is 35.3 Å². The lowest BCUT2D eigenvalue weighted by molar-refractivity contribution is -0.111. The van der Waals surface area contributed by atoms with Crippen LogP contribution in [0.3, 0.4) is 0 Å². The third-order valence-electron chi connectivity index (χ3n) is 7.93. The van der Waals surface area contributed by atoms with Crippen molar-refractivity contribution in [3.63, 3.8) is 0 Å². The number of thioether (sulfide) groups is 1. The lowest BCUT2D eigenvalue weighted by atomic mass is 9.98. The van der Waals surface area contributed by atoms with Crippen LogP contribution in [-0.2, 0) is 25.8 Å². The number of ether oxygens (including phenoxy) is 2. The number of hydrogen-bond acceptors (Lipinski definition) is 16. The lowest BCUT2D eigenvalue weighted by Crippen LogP contribution is -2.45. The zero-order chi connectivity index (χ0) is 31.6. The van der Waals surface area contributed by atoms with Crippen molar-refractivity contribution in [2.45, 2.75) is 59.8 Å². The first-order valence-electron chi connectivity index (χ1n) is 13.4. The first-order valence-corrected chi connectivity index (χ1v) is 17.0. The maximum absolute atomic E-state index is 12.4. The van der Waals surface area contributed by atoms with Crippen LogP contribution in [-0.4, -0.2) is 114 Å². The fourth-order valence-electron chi connectivity index (χ4n) is 5.67. The van der Waals surface area contributed by atoms with Gasteiger partial charge in [-0.2, -0.15) is 4.98 Å². The molecule has 6 heterocycles. The Morgan fingerprint density at radius 3 is 2.64 bits per heavy atom. The molecule has 2 aliphatic heterocycles. The summed E-state index contributed by atoms with van der Waals surface area (Å²) in [4.78, 5) is 47.3. The number of anilines is 2. The van der Waals surface area contributed by atoms with E-state index in [9.17, 15) is 25.0 Å². The Kier molecular flexibility index (Phi) is 8.19. The van der Waals surface area contributed by atoms with Crippen molar-refractivity contribution < 1.29 is 34.2 Å². The van der Waals surface area contributed by atoms with Gasteiger partial charge in [0.1, 0.15) is 29.7 Å². The molecule has 9 atom stereocenters. The summed E-state index contributed by atoms with van der Waals surface area (Å²) in [5, 5.41) is 31.0. The van der Waals surface area contributed by atoms with Crippen molar-refractivity contribution in [1.29, 1.82) is 0 Å². The van der Waals surface area contributed by atoms with E-state index in [1.54, 1.807) is 11.5 Å². The number of nitrogen functional groups attached to an aromatic ring is 2. The number of fused-ring (bicyclic) bond motifs is 2. The Morgan fingerprint density at radius 1 is 1.18 bits per heavy atom. The first-order chi connectivity index (χ1) is 20.9. The fraction of sp³-hybridized carbons (Fsp3) is 0.565. The molecule has 0 aliphatic carbocycles. The quantitative estimate of drug-likeness (QED) is 0.103. The largest absolute Gasteiger partial charge is 0.396 e. The molecule has 0 spiro atoms. The van der Waals surface area contributed by atoms with Gasteiger partial charge in [0.05, 0.1) is 36.4 Å². The van der Waals surface area contributed by atoms with Gasteiger partial charge in [-0.05, 0) is 25.2 Å². The van der Waals surface area contributed by atoms with Crippen molar-refractivity contribution in [3.8, 4) is 0 Å². The molecule has 9 N–H and O–H groups in total. The van der Waals surface area contributed by atoms with Crippen LogP contribution in [0.5, 0.6) is 0 Å². The molecule has 21 heteroatoms. The van der Waals surface area contributed by atoms with Gasteiger partial charge < -0.3 is 50.2 Å². The number of methoxy groups -OCH3 is 1. The van der Waals surface area contributed by atoms with Crippen molar-refractivity contribution in [2.24, 2.45) is 0 Å². The summed E-state index contributed by atoms with van der Waals surface area (Å²) in [7, 11) is 1.41. The minimum Gasteiger partial charge on any atom is -0.396 e. The highest BCUT2D eigenvalue weighted by atomic mass is 32.5. The summed E-state index contributed by atoms with van der Waals surface area (Å²) in [6.45, 7) is -2.97. The number of hydrogen-bond donors (Lipinski definition) is 7. The number of aliphatic hydroxyl groups excluding tert-OH is 3. The van der Waals surface area contributed by atoms with Gasteiger partial charge in [0, 0.05) is 19.0 Å². The average molecular weight is 671 g/mol. The van der Waals surface area contributed by atoms with Gasteiger partial charge in [-0.1, -0.05) is 0 Å². The fourth-order valence-corrected chi connectivity index (χ4v) is 10.8. The molecular formula is C23H31N10O8PS2. The van der Waals surface area contributed by atoms with E-state index in [-0.39, 0.29) is 42.6 Å². The molecule has 0 aromatic carbocycles. The maximum atomic E-state index is 12.4. The van der Waals surface area contributed by atoms with Crippen LogP contribution in [0.2, 0.25) is 0 Å². The van der Waals surface area contributed by atoms with E-state index < -0.39 is 58.5 Å². The molecular weight excluding hydrogens is 639 g/mol. The third-order valence-corrected chi connectivity index (χ3v) is 12.7. The van der Waals surface area contributed by atoms with Gasteiger partial charge >= 0.3 is 0 Å². The van der Waals surface area contributed by atoms with E-state index in [0.717, 1.165) is 0 Å². The molecule has 2 fully saturated rings. The molecule has 18 nitrogen and oxygen atoms in total. The number of rotatable bonds is 9. The lowest BCUT2D eigenvalue weighted by Gasteiger charge is -2.34. The van der Waals surface area contributed by atoms with Crippen LogP contribution in [0.15, 0.2) is 23.8 Å². The van der Waals surface area contributed by atoms with E-state index in [1.165, 1.54) is 42.4 Å². The monoisotopic (exact) mass is 670 g/mol. The number of H-pyrrole nitrogens is 1. The second-order valence-corrected chi connectivity index (χ2v) is 15.6. The van der Waals surface area contributed by atoms with E-state index in [0.29, 0.717) is 11.2 Å². The van der Waals surface area contributed by atoms with Gasteiger partial charge in [-0.3, -0.25) is 14.3 Å². The van der Waals surface area contributed by atoms with Crippen LogP contribution >= 0.6 is 18.3 Å². The van der Waals surface area contributed by atoms with Crippen LogP contribution in [0.1, 0.15) is 24.9 Å².